The van der Waals surface area contributed by atoms with Crippen LogP contribution in [0.3, 0.4) is 0 Å². The van der Waals surface area contributed by atoms with Crippen molar-refractivity contribution in [1.29, 1.82) is 0 Å². The Kier molecular flexibility index (Phi) is 9.60. The zero-order chi connectivity index (χ0) is 22.9. The van der Waals surface area contributed by atoms with Crippen LogP contribution in [0.1, 0.15) is 38.5 Å². The maximum absolute atomic E-state index is 12.9. The first-order valence-electron chi connectivity index (χ1n) is 9.97. The minimum Gasteiger partial charge on any atom is -0.475 e. The van der Waals surface area contributed by atoms with Crippen molar-refractivity contribution in [3.05, 3.63) is 30.1 Å². The molecule has 1 aliphatic carbocycles. The molecule has 0 bridgehead atoms. The third kappa shape index (κ3) is 9.16. The highest BCUT2D eigenvalue weighted by molar-refractivity contribution is 8.15. The van der Waals surface area contributed by atoms with Crippen LogP contribution in [0.5, 0.6) is 0 Å². The molecule has 1 saturated carbocycles. The van der Waals surface area contributed by atoms with Gasteiger partial charge in [0, 0.05) is 18.8 Å². The largest absolute Gasteiger partial charge is 0.490 e. The first kappa shape index (κ1) is 25.0. The molecule has 0 saturated heterocycles. The molecule has 31 heavy (non-hydrogen) atoms. The van der Waals surface area contributed by atoms with Crippen molar-refractivity contribution >= 4 is 34.5 Å². The van der Waals surface area contributed by atoms with Crippen molar-refractivity contribution in [2.75, 3.05) is 18.4 Å². The minimum absolute atomic E-state index is 0.0490. The average Bonchev–Trinajstić information content (AvgIpc) is 3.08. The number of aliphatic imine (C=N–C) groups is 1. The summed E-state index contributed by atoms with van der Waals surface area (Å²) in [7, 11) is 0. The van der Waals surface area contributed by atoms with Crippen LogP contribution in [0, 0.1) is 11.7 Å². The van der Waals surface area contributed by atoms with Crippen molar-refractivity contribution in [1.82, 2.24) is 5.32 Å². The molecule has 172 valence electrons. The summed E-state index contributed by atoms with van der Waals surface area (Å²) >= 11 is 1.53. The zero-order valence-electron chi connectivity index (χ0n) is 16.8. The lowest BCUT2D eigenvalue weighted by atomic mass is 9.89. The van der Waals surface area contributed by atoms with Crippen LogP contribution < -0.4 is 10.6 Å². The predicted octanol–water partition coefficient (Wildman–Crippen LogP) is 4.43. The van der Waals surface area contributed by atoms with Crippen molar-refractivity contribution in [3.8, 4) is 0 Å². The molecule has 1 heterocycles. The van der Waals surface area contributed by atoms with Gasteiger partial charge in [0.15, 0.2) is 5.17 Å². The van der Waals surface area contributed by atoms with Gasteiger partial charge in [-0.1, -0.05) is 31.0 Å². The number of hydrogen-bond acceptors (Lipinski definition) is 5. The van der Waals surface area contributed by atoms with Crippen LogP contribution >= 0.6 is 11.8 Å². The van der Waals surface area contributed by atoms with Gasteiger partial charge in [-0.3, -0.25) is 4.79 Å². The number of benzene rings is 1. The molecule has 1 aromatic carbocycles. The van der Waals surface area contributed by atoms with Crippen LogP contribution in [0.25, 0.3) is 0 Å². The maximum atomic E-state index is 12.9. The normalized spacial score (nSPS) is 19.3. The molecule has 1 fully saturated rings. The molecular formula is C20H25F4N3O3S. The van der Waals surface area contributed by atoms with E-state index < -0.39 is 12.1 Å². The van der Waals surface area contributed by atoms with Crippen LogP contribution in [0.4, 0.5) is 23.2 Å². The first-order valence-corrected chi connectivity index (χ1v) is 10.9. The molecule has 0 spiro atoms. The standard InChI is InChI=1S/C18H24FN3OS.C2HF3O2/c19-14-6-8-15(9-7-14)20-11-10-16-17(23)22-18(24-16)21-12-13-4-2-1-3-5-13;3-2(4,5)1(6)7/h6-9,13,16,20H,1-5,10-12H2,(H,21,22,23);(H,6,7). The molecule has 0 aromatic heterocycles. The lowest BCUT2D eigenvalue weighted by molar-refractivity contribution is -0.192. The molecule has 1 aliphatic heterocycles. The van der Waals surface area contributed by atoms with Crippen LogP contribution in [-0.4, -0.2) is 46.7 Å². The molecule has 1 unspecified atom stereocenters. The van der Waals surface area contributed by atoms with Gasteiger partial charge in [-0.2, -0.15) is 18.2 Å². The second kappa shape index (κ2) is 11.9. The third-order valence-corrected chi connectivity index (χ3v) is 6.01. The van der Waals surface area contributed by atoms with Gasteiger partial charge in [0.1, 0.15) is 5.82 Å². The molecule has 3 N–H and O–H groups in total. The van der Waals surface area contributed by atoms with Gasteiger partial charge in [-0.25, -0.2) is 9.18 Å². The Balaban J connectivity index is 0.000000423. The Morgan fingerprint density at radius 1 is 1.13 bits per heavy atom. The van der Waals surface area contributed by atoms with Crippen molar-refractivity contribution < 1.29 is 32.3 Å². The Morgan fingerprint density at radius 2 is 1.74 bits per heavy atom. The van der Waals surface area contributed by atoms with E-state index in [1.807, 2.05) is 0 Å². The van der Waals surface area contributed by atoms with Crippen molar-refractivity contribution in [2.24, 2.45) is 10.9 Å². The van der Waals surface area contributed by atoms with E-state index in [9.17, 15) is 22.4 Å². The summed E-state index contributed by atoms with van der Waals surface area (Å²) in [5.74, 6) is -2.33. The van der Waals surface area contributed by atoms with E-state index in [1.165, 1.54) is 56.0 Å². The fourth-order valence-electron chi connectivity index (χ4n) is 3.19. The van der Waals surface area contributed by atoms with Crippen LogP contribution in [0.2, 0.25) is 0 Å². The number of anilines is 1. The fraction of sp³-hybridized carbons (Fsp3) is 0.550. The number of halogens is 4. The number of nitrogens with one attached hydrogen (secondary N) is 2. The summed E-state index contributed by atoms with van der Waals surface area (Å²) in [5, 5.41) is 14.4. The van der Waals surface area contributed by atoms with Gasteiger partial charge in [-0.05, 0) is 49.4 Å². The van der Waals surface area contributed by atoms with E-state index in [1.54, 1.807) is 12.1 Å². The molecular weight excluding hydrogens is 438 g/mol. The van der Waals surface area contributed by atoms with Crippen LogP contribution in [0.15, 0.2) is 29.3 Å². The number of carboxylic acids is 1. The summed E-state index contributed by atoms with van der Waals surface area (Å²) in [6, 6.07) is 6.25. The Hall–Kier alpha value is -2.30. The smallest absolute Gasteiger partial charge is 0.475 e. The monoisotopic (exact) mass is 463 g/mol. The maximum Gasteiger partial charge on any atom is 0.490 e. The van der Waals surface area contributed by atoms with E-state index in [-0.39, 0.29) is 17.0 Å². The first-order chi connectivity index (χ1) is 14.6. The molecule has 2 aliphatic rings. The summed E-state index contributed by atoms with van der Waals surface area (Å²) in [5.41, 5.74) is 0.864. The average molecular weight is 463 g/mol. The van der Waals surface area contributed by atoms with Gasteiger partial charge in [-0.15, -0.1) is 0 Å². The number of aliphatic carboxylic acids is 1. The van der Waals surface area contributed by atoms with Gasteiger partial charge in [0.2, 0.25) is 0 Å². The van der Waals surface area contributed by atoms with Gasteiger partial charge in [0.05, 0.1) is 5.25 Å². The van der Waals surface area contributed by atoms with Crippen molar-refractivity contribution in [3.63, 3.8) is 0 Å². The molecule has 6 nitrogen and oxygen atoms in total. The zero-order valence-corrected chi connectivity index (χ0v) is 17.6. The van der Waals surface area contributed by atoms with E-state index in [4.69, 9.17) is 9.90 Å². The highest BCUT2D eigenvalue weighted by Gasteiger charge is 2.38. The summed E-state index contributed by atoms with van der Waals surface area (Å²) in [4.78, 5) is 25.0. The Bertz CT molecular complexity index is 766. The lowest BCUT2D eigenvalue weighted by Gasteiger charge is -2.22. The lowest BCUT2D eigenvalue weighted by Crippen LogP contribution is -2.28. The molecule has 1 amide bonds. The van der Waals surface area contributed by atoms with Gasteiger partial charge < -0.3 is 15.7 Å². The summed E-state index contributed by atoms with van der Waals surface area (Å²) in [6.45, 7) is 1.60. The molecule has 1 atom stereocenters. The van der Waals surface area contributed by atoms with Crippen LogP contribution in [-0.2, 0) is 9.59 Å². The van der Waals surface area contributed by atoms with E-state index in [2.05, 4.69) is 15.6 Å². The number of thioether (sulfide) groups is 1. The number of rotatable bonds is 6. The van der Waals surface area contributed by atoms with Gasteiger partial charge in [0.25, 0.3) is 5.91 Å². The number of alkyl halides is 3. The number of amides is 1. The molecule has 11 heteroatoms. The third-order valence-electron chi connectivity index (χ3n) is 4.83. The number of nitrogens with zero attached hydrogens (tertiary/aromatic N) is 1. The predicted molar refractivity (Wildman–Crippen MR) is 112 cm³/mol. The van der Waals surface area contributed by atoms with Crippen molar-refractivity contribution in [2.45, 2.75) is 50.0 Å². The SMILES string of the molecule is O=C(O)C(F)(F)F.O=C1N=C(NCC2CCCCC2)SC1CCNc1ccc(F)cc1. The Labute approximate surface area is 181 Å². The topological polar surface area (TPSA) is 90.8 Å². The van der Waals surface area contributed by atoms with E-state index in [0.29, 0.717) is 13.0 Å². The quantitative estimate of drug-likeness (QED) is 0.541. The molecule has 3 rings (SSSR count). The highest BCUT2D eigenvalue weighted by Crippen LogP contribution is 2.26. The fourth-order valence-corrected chi connectivity index (χ4v) is 4.15. The second-order valence-corrected chi connectivity index (χ2v) is 8.46. The minimum atomic E-state index is -5.08. The van der Waals surface area contributed by atoms with E-state index in [0.717, 1.165) is 23.3 Å². The van der Waals surface area contributed by atoms with Gasteiger partial charge >= 0.3 is 12.1 Å². The molecule has 1 aromatic rings. The molecule has 0 radical (unpaired) electrons. The number of carbonyl (C=O) groups excluding carboxylic acids is 1. The Morgan fingerprint density at radius 3 is 2.32 bits per heavy atom. The number of hydrogen-bond donors (Lipinski definition) is 3. The number of amidine groups is 1. The summed E-state index contributed by atoms with van der Waals surface area (Å²) in [6.07, 6.45) is 2.19. The summed E-state index contributed by atoms with van der Waals surface area (Å²) < 4.78 is 44.6. The van der Waals surface area contributed by atoms with E-state index >= 15 is 0 Å². The number of carbonyl (C=O) groups is 2. The highest BCUT2D eigenvalue weighted by atomic mass is 32.2. The number of carboxylic acid groups (broad SMARTS) is 1. The second-order valence-electron chi connectivity index (χ2n) is 7.27.